The second-order valence-electron chi connectivity index (χ2n) is 3.76. The van der Waals surface area contributed by atoms with E-state index in [4.69, 9.17) is 0 Å². The SMILES string of the molecule is C=C(Br)CNc1ccccc1S(=O)(=O)NCCC. The zero-order valence-electron chi connectivity index (χ0n) is 10.2. The highest BCUT2D eigenvalue weighted by atomic mass is 79.9. The third-order valence-electron chi connectivity index (χ3n) is 2.19. The third kappa shape index (κ3) is 4.44. The molecule has 2 N–H and O–H groups in total. The van der Waals surface area contributed by atoms with Crippen LogP contribution in [0.5, 0.6) is 0 Å². The van der Waals surface area contributed by atoms with E-state index in [2.05, 4.69) is 32.5 Å². The maximum Gasteiger partial charge on any atom is 0.242 e. The maximum atomic E-state index is 12.1. The summed E-state index contributed by atoms with van der Waals surface area (Å²) >= 11 is 3.23. The van der Waals surface area contributed by atoms with Crippen molar-refractivity contribution in [3.05, 3.63) is 35.3 Å². The Morgan fingerprint density at radius 1 is 1.39 bits per heavy atom. The first-order valence-corrected chi connectivity index (χ1v) is 7.91. The summed E-state index contributed by atoms with van der Waals surface area (Å²) in [5.41, 5.74) is 0.571. The van der Waals surface area contributed by atoms with E-state index in [0.717, 1.165) is 10.9 Å². The molecule has 0 aromatic heterocycles. The molecule has 18 heavy (non-hydrogen) atoms. The van der Waals surface area contributed by atoms with Gasteiger partial charge in [0, 0.05) is 17.6 Å². The minimum absolute atomic E-state index is 0.257. The quantitative estimate of drug-likeness (QED) is 0.807. The van der Waals surface area contributed by atoms with Crippen molar-refractivity contribution in [1.29, 1.82) is 0 Å². The third-order valence-corrected chi connectivity index (χ3v) is 3.99. The molecule has 100 valence electrons. The lowest BCUT2D eigenvalue weighted by Gasteiger charge is -2.12. The van der Waals surface area contributed by atoms with Crippen LogP contribution in [-0.2, 0) is 10.0 Å². The predicted molar refractivity (Wildman–Crippen MR) is 78.5 cm³/mol. The Kier molecular flexibility index (Phi) is 5.84. The fourth-order valence-electron chi connectivity index (χ4n) is 1.35. The van der Waals surface area contributed by atoms with Crippen molar-refractivity contribution in [2.75, 3.05) is 18.4 Å². The Morgan fingerprint density at radius 3 is 2.67 bits per heavy atom. The minimum Gasteiger partial charge on any atom is -0.379 e. The van der Waals surface area contributed by atoms with Gasteiger partial charge in [-0.25, -0.2) is 13.1 Å². The van der Waals surface area contributed by atoms with Gasteiger partial charge in [0.2, 0.25) is 10.0 Å². The molecule has 1 rings (SSSR count). The van der Waals surface area contributed by atoms with Crippen LogP contribution in [-0.4, -0.2) is 21.5 Å². The van der Waals surface area contributed by atoms with Crippen molar-refractivity contribution >= 4 is 31.6 Å². The lowest BCUT2D eigenvalue weighted by molar-refractivity contribution is 0.581. The van der Waals surface area contributed by atoms with Gasteiger partial charge in [-0.3, -0.25) is 0 Å². The number of anilines is 1. The molecule has 0 radical (unpaired) electrons. The Balaban J connectivity index is 2.97. The summed E-state index contributed by atoms with van der Waals surface area (Å²) in [5, 5.41) is 3.03. The lowest BCUT2D eigenvalue weighted by atomic mass is 10.3. The molecular formula is C12H17BrN2O2S. The van der Waals surface area contributed by atoms with Gasteiger partial charge in [0.25, 0.3) is 0 Å². The number of benzene rings is 1. The number of hydrogen-bond acceptors (Lipinski definition) is 3. The molecule has 0 atom stereocenters. The van der Waals surface area contributed by atoms with Crippen LogP contribution < -0.4 is 10.0 Å². The van der Waals surface area contributed by atoms with Crippen LogP contribution in [0.1, 0.15) is 13.3 Å². The molecule has 0 saturated carbocycles. The molecule has 4 nitrogen and oxygen atoms in total. The van der Waals surface area contributed by atoms with Gasteiger partial charge in [0.1, 0.15) is 4.90 Å². The van der Waals surface area contributed by atoms with Crippen molar-refractivity contribution in [2.45, 2.75) is 18.2 Å². The van der Waals surface area contributed by atoms with Crippen molar-refractivity contribution < 1.29 is 8.42 Å². The van der Waals surface area contributed by atoms with Gasteiger partial charge in [0.15, 0.2) is 0 Å². The standard InChI is InChI=1S/C12H17BrN2O2S/c1-3-8-15-18(16,17)12-7-5-4-6-11(12)14-9-10(2)13/h4-7,14-15H,2-3,8-9H2,1H3. The second-order valence-corrected chi connectivity index (χ2v) is 6.62. The molecule has 0 unspecified atom stereocenters. The Morgan fingerprint density at radius 2 is 2.06 bits per heavy atom. The molecule has 0 spiro atoms. The zero-order valence-corrected chi connectivity index (χ0v) is 12.6. The predicted octanol–water partition coefficient (Wildman–Crippen LogP) is 2.70. The van der Waals surface area contributed by atoms with E-state index in [1.165, 1.54) is 0 Å². The van der Waals surface area contributed by atoms with Gasteiger partial charge in [-0.05, 0) is 18.6 Å². The molecule has 0 fully saturated rings. The van der Waals surface area contributed by atoms with Crippen molar-refractivity contribution in [3.8, 4) is 0 Å². The number of sulfonamides is 1. The molecule has 0 heterocycles. The Hall–Kier alpha value is -0.850. The number of rotatable bonds is 7. The first kappa shape index (κ1) is 15.2. The molecule has 0 aliphatic heterocycles. The van der Waals surface area contributed by atoms with Crippen LogP contribution in [0.3, 0.4) is 0 Å². The summed E-state index contributed by atoms with van der Waals surface area (Å²) in [6.45, 7) is 6.52. The molecular weight excluding hydrogens is 316 g/mol. The van der Waals surface area contributed by atoms with Gasteiger partial charge >= 0.3 is 0 Å². The largest absolute Gasteiger partial charge is 0.379 e. The van der Waals surface area contributed by atoms with E-state index in [-0.39, 0.29) is 4.90 Å². The van der Waals surface area contributed by atoms with Crippen molar-refractivity contribution in [2.24, 2.45) is 0 Å². The Bertz CT molecular complexity index is 515. The molecule has 0 saturated heterocycles. The summed E-state index contributed by atoms with van der Waals surface area (Å²) < 4.78 is 27.5. The summed E-state index contributed by atoms with van der Waals surface area (Å²) in [6, 6.07) is 6.81. The van der Waals surface area contributed by atoms with E-state index < -0.39 is 10.0 Å². The van der Waals surface area contributed by atoms with Gasteiger partial charge in [0.05, 0.1) is 5.69 Å². The van der Waals surface area contributed by atoms with Crippen LogP contribution in [0, 0.1) is 0 Å². The van der Waals surface area contributed by atoms with Crippen LogP contribution in [0.2, 0.25) is 0 Å². The second kappa shape index (κ2) is 6.92. The van der Waals surface area contributed by atoms with Crippen LogP contribution in [0.4, 0.5) is 5.69 Å². The van der Waals surface area contributed by atoms with Gasteiger partial charge < -0.3 is 5.32 Å². The first-order valence-electron chi connectivity index (χ1n) is 5.63. The molecule has 0 amide bonds. The average molecular weight is 333 g/mol. The normalized spacial score (nSPS) is 11.2. The Labute approximate surface area is 117 Å². The molecule has 1 aromatic rings. The van der Waals surface area contributed by atoms with Crippen LogP contribution in [0.15, 0.2) is 40.2 Å². The highest BCUT2D eigenvalue weighted by Gasteiger charge is 2.16. The van der Waals surface area contributed by atoms with Crippen LogP contribution in [0.25, 0.3) is 0 Å². The molecule has 0 bridgehead atoms. The number of nitrogens with one attached hydrogen (secondary N) is 2. The van der Waals surface area contributed by atoms with Crippen LogP contribution >= 0.6 is 15.9 Å². The van der Waals surface area contributed by atoms with Gasteiger partial charge in [-0.2, -0.15) is 0 Å². The van der Waals surface area contributed by atoms with E-state index in [9.17, 15) is 8.42 Å². The van der Waals surface area contributed by atoms with Crippen molar-refractivity contribution in [3.63, 3.8) is 0 Å². The summed E-state index contributed by atoms with van der Waals surface area (Å²) in [5.74, 6) is 0. The van der Waals surface area contributed by atoms with Gasteiger partial charge in [-0.15, -0.1) is 0 Å². The molecule has 6 heteroatoms. The summed E-state index contributed by atoms with van der Waals surface area (Å²) in [4.78, 5) is 0.257. The maximum absolute atomic E-state index is 12.1. The van der Waals surface area contributed by atoms with Crippen molar-refractivity contribution in [1.82, 2.24) is 4.72 Å². The molecule has 0 aliphatic rings. The number of hydrogen-bond donors (Lipinski definition) is 2. The monoisotopic (exact) mass is 332 g/mol. The summed E-state index contributed by atoms with van der Waals surface area (Å²) in [6.07, 6.45) is 0.757. The minimum atomic E-state index is -3.46. The lowest BCUT2D eigenvalue weighted by Crippen LogP contribution is -2.25. The number of halogens is 1. The fraction of sp³-hybridized carbons (Fsp3) is 0.333. The molecule has 1 aromatic carbocycles. The smallest absolute Gasteiger partial charge is 0.242 e. The van der Waals surface area contributed by atoms with E-state index in [0.29, 0.717) is 18.8 Å². The first-order chi connectivity index (χ1) is 8.47. The fourth-order valence-corrected chi connectivity index (χ4v) is 2.81. The summed E-state index contributed by atoms with van der Waals surface area (Å²) in [7, 11) is -3.46. The van der Waals surface area contributed by atoms with E-state index in [1.54, 1.807) is 24.3 Å². The zero-order chi connectivity index (χ0) is 13.6. The average Bonchev–Trinajstić information content (AvgIpc) is 2.34. The highest BCUT2D eigenvalue weighted by molar-refractivity contribution is 9.11. The van der Waals surface area contributed by atoms with Gasteiger partial charge in [-0.1, -0.05) is 41.6 Å². The molecule has 0 aliphatic carbocycles. The number of para-hydroxylation sites is 1. The highest BCUT2D eigenvalue weighted by Crippen LogP contribution is 2.21. The van der Waals surface area contributed by atoms with E-state index in [1.807, 2.05) is 6.92 Å². The van der Waals surface area contributed by atoms with E-state index >= 15 is 0 Å². The topological polar surface area (TPSA) is 58.2 Å².